The fourth-order valence-corrected chi connectivity index (χ4v) is 2.94. The van der Waals surface area contributed by atoms with Crippen molar-refractivity contribution in [2.24, 2.45) is 0 Å². The van der Waals surface area contributed by atoms with Crippen molar-refractivity contribution in [3.63, 3.8) is 0 Å². The summed E-state index contributed by atoms with van der Waals surface area (Å²) < 4.78 is 11.5. The highest BCUT2D eigenvalue weighted by Gasteiger charge is 2.18. The lowest BCUT2D eigenvalue weighted by molar-refractivity contribution is 0.0558. The van der Waals surface area contributed by atoms with E-state index in [1.165, 1.54) is 13.2 Å². The Hall–Kier alpha value is -1.11. The Kier molecular flexibility index (Phi) is 4.44. The molecule has 6 heteroatoms. The summed E-state index contributed by atoms with van der Waals surface area (Å²) in [5.41, 5.74) is 0.645. The topological polar surface area (TPSA) is 59.7 Å². The average Bonchev–Trinajstić information content (AvgIpc) is 2.85. The molecule has 1 unspecified atom stereocenters. The molecular formula is C13H10Br2O4. The third kappa shape index (κ3) is 3.26. The quantitative estimate of drug-likeness (QED) is 0.813. The minimum atomic E-state index is -0.952. The average molecular weight is 390 g/mol. The smallest absolute Gasteiger partial charge is 0.373 e. The van der Waals surface area contributed by atoms with Gasteiger partial charge in [0.15, 0.2) is 0 Å². The standard InChI is InChI=1S/C13H10Br2O4/c1-18-13(17)11-3-2-10(19-11)12(16)7-4-8(14)6-9(15)5-7/h2-6,12,16H,1H3. The van der Waals surface area contributed by atoms with Crippen molar-refractivity contribution in [2.45, 2.75) is 6.10 Å². The molecule has 0 aliphatic rings. The second-order valence-corrected chi connectivity index (χ2v) is 5.63. The molecule has 1 heterocycles. The predicted molar refractivity (Wildman–Crippen MR) is 76.0 cm³/mol. The number of carbonyl (C=O) groups excluding carboxylic acids is 1. The van der Waals surface area contributed by atoms with Gasteiger partial charge in [0.25, 0.3) is 0 Å². The third-order valence-electron chi connectivity index (χ3n) is 2.48. The number of hydrogen-bond donors (Lipinski definition) is 1. The summed E-state index contributed by atoms with van der Waals surface area (Å²) in [5.74, 6) is -0.232. The summed E-state index contributed by atoms with van der Waals surface area (Å²) in [4.78, 5) is 11.3. The molecule has 1 N–H and O–H groups in total. The lowest BCUT2D eigenvalue weighted by Gasteiger charge is -2.09. The molecule has 2 aromatic rings. The molecule has 0 amide bonds. The Balaban J connectivity index is 2.30. The van der Waals surface area contributed by atoms with Gasteiger partial charge in [-0.1, -0.05) is 31.9 Å². The number of furan rings is 1. The molecule has 1 aromatic carbocycles. The van der Waals surface area contributed by atoms with Gasteiger partial charge in [-0.25, -0.2) is 4.79 Å². The first kappa shape index (κ1) is 14.3. The molecule has 19 heavy (non-hydrogen) atoms. The van der Waals surface area contributed by atoms with E-state index in [0.29, 0.717) is 5.56 Å². The van der Waals surface area contributed by atoms with Gasteiger partial charge in [0.1, 0.15) is 11.9 Å². The molecule has 100 valence electrons. The third-order valence-corrected chi connectivity index (χ3v) is 3.40. The Labute approximate surface area is 126 Å². The van der Waals surface area contributed by atoms with Crippen LogP contribution in [0.25, 0.3) is 0 Å². The second-order valence-electron chi connectivity index (χ2n) is 3.80. The molecule has 1 atom stereocenters. The number of benzene rings is 1. The summed E-state index contributed by atoms with van der Waals surface area (Å²) in [6.45, 7) is 0. The normalized spacial score (nSPS) is 12.2. The fraction of sp³-hybridized carbons (Fsp3) is 0.154. The summed E-state index contributed by atoms with van der Waals surface area (Å²) in [6, 6.07) is 8.42. The number of esters is 1. The van der Waals surface area contributed by atoms with Crippen LogP contribution in [0.1, 0.15) is 28.0 Å². The zero-order chi connectivity index (χ0) is 14.0. The van der Waals surface area contributed by atoms with Crippen molar-refractivity contribution >= 4 is 37.8 Å². The van der Waals surface area contributed by atoms with Crippen molar-refractivity contribution in [2.75, 3.05) is 7.11 Å². The monoisotopic (exact) mass is 388 g/mol. The van der Waals surface area contributed by atoms with E-state index in [4.69, 9.17) is 4.42 Å². The molecule has 0 saturated heterocycles. The molecule has 0 saturated carbocycles. The van der Waals surface area contributed by atoms with E-state index in [1.807, 2.05) is 6.07 Å². The lowest BCUT2D eigenvalue weighted by atomic mass is 10.1. The molecule has 0 bridgehead atoms. The summed E-state index contributed by atoms with van der Waals surface area (Å²) in [6.07, 6.45) is -0.952. The van der Waals surface area contributed by atoms with Gasteiger partial charge in [0.05, 0.1) is 7.11 Å². The van der Waals surface area contributed by atoms with Crippen LogP contribution in [0.3, 0.4) is 0 Å². The first-order chi connectivity index (χ1) is 9.01. The van der Waals surface area contributed by atoms with Gasteiger partial charge in [-0.3, -0.25) is 0 Å². The molecule has 4 nitrogen and oxygen atoms in total. The maximum atomic E-state index is 11.3. The number of aliphatic hydroxyl groups is 1. The van der Waals surface area contributed by atoms with Crippen LogP contribution >= 0.6 is 31.9 Å². The predicted octanol–water partition coefficient (Wildman–Crippen LogP) is 3.67. The van der Waals surface area contributed by atoms with Crippen LogP contribution in [-0.2, 0) is 4.74 Å². The van der Waals surface area contributed by atoms with E-state index in [2.05, 4.69) is 36.6 Å². The Morgan fingerprint density at radius 1 is 1.26 bits per heavy atom. The largest absolute Gasteiger partial charge is 0.463 e. The van der Waals surface area contributed by atoms with Crippen molar-refractivity contribution in [1.29, 1.82) is 0 Å². The first-order valence-electron chi connectivity index (χ1n) is 5.33. The van der Waals surface area contributed by atoms with Crippen molar-refractivity contribution in [3.05, 3.63) is 56.4 Å². The van der Waals surface area contributed by atoms with Gasteiger partial charge in [-0.15, -0.1) is 0 Å². The van der Waals surface area contributed by atoms with Crippen molar-refractivity contribution in [3.8, 4) is 0 Å². The fourth-order valence-electron chi connectivity index (χ4n) is 1.61. The van der Waals surface area contributed by atoms with Crippen LogP contribution in [0.15, 0.2) is 43.7 Å². The van der Waals surface area contributed by atoms with E-state index in [9.17, 15) is 9.90 Å². The highest BCUT2D eigenvalue weighted by atomic mass is 79.9. The summed E-state index contributed by atoms with van der Waals surface area (Å²) in [5, 5.41) is 10.2. The second kappa shape index (κ2) is 5.90. The Morgan fingerprint density at radius 2 is 1.89 bits per heavy atom. The number of hydrogen-bond acceptors (Lipinski definition) is 4. The lowest BCUT2D eigenvalue weighted by Crippen LogP contribution is -2.00. The first-order valence-corrected chi connectivity index (χ1v) is 6.92. The van der Waals surface area contributed by atoms with E-state index in [1.54, 1.807) is 18.2 Å². The highest BCUT2D eigenvalue weighted by molar-refractivity contribution is 9.11. The number of methoxy groups -OCH3 is 1. The summed E-state index contributed by atoms with van der Waals surface area (Å²) >= 11 is 6.70. The highest BCUT2D eigenvalue weighted by Crippen LogP contribution is 2.29. The van der Waals surface area contributed by atoms with Crippen molar-refractivity contribution < 1.29 is 19.1 Å². The number of ether oxygens (including phenoxy) is 1. The van der Waals surface area contributed by atoms with Gasteiger partial charge in [-0.2, -0.15) is 0 Å². The van der Waals surface area contributed by atoms with Gasteiger partial charge in [0, 0.05) is 8.95 Å². The van der Waals surface area contributed by atoms with Crippen LogP contribution in [0.4, 0.5) is 0 Å². The molecule has 0 aliphatic heterocycles. The van der Waals surface area contributed by atoms with Crippen LogP contribution in [-0.4, -0.2) is 18.2 Å². The van der Waals surface area contributed by atoms with Gasteiger partial charge in [-0.05, 0) is 35.9 Å². The molecule has 0 radical (unpaired) electrons. The Bertz CT molecular complexity index is 586. The van der Waals surface area contributed by atoms with E-state index in [0.717, 1.165) is 8.95 Å². The van der Waals surface area contributed by atoms with Crippen LogP contribution in [0, 0.1) is 0 Å². The van der Waals surface area contributed by atoms with E-state index < -0.39 is 12.1 Å². The molecule has 2 rings (SSSR count). The SMILES string of the molecule is COC(=O)c1ccc(C(O)c2cc(Br)cc(Br)c2)o1. The summed E-state index contributed by atoms with van der Waals surface area (Å²) in [7, 11) is 1.27. The minimum absolute atomic E-state index is 0.0608. The van der Waals surface area contributed by atoms with Gasteiger partial charge in [0.2, 0.25) is 5.76 Å². The number of halogens is 2. The maximum absolute atomic E-state index is 11.3. The van der Waals surface area contributed by atoms with Gasteiger partial charge >= 0.3 is 5.97 Å². The van der Waals surface area contributed by atoms with Crippen LogP contribution < -0.4 is 0 Å². The molecule has 0 fully saturated rings. The maximum Gasteiger partial charge on any atom is 0.373 e. The number of rotatable bonds is 3. The zero-order valence-corrected chi connectivity index (χ0v) is 13.1. The van der Waals surface area contributed by atoms with E-state index >= 15 is 0 Å². The van der Waals surface area contributed by atoms with E-state index in [-0.39, 0.29) is 11.5 Å². The molecular weight excluding hydrogens is 380 g/mol. The number of carbonyl (C=O) groups is 1. The molecule has 0 aliphatic carbocycles. The number of aliphatic hydroxyl groups excluding tert-OH is 1. The minimum Gasteiger partial charge on any atom is -0.463 e. The van der Waals surface area contributed by atoms with Gasteiger partial charge < -0.3 is 14.3 Å². The Morgan fingerprint density at radius 3 is 2.47 bits per heavy atom. The van der Waals surface area contributed by atoms with Crippen LogP contribution in [0.2, 0.25) is 0 Å². The molecule has 1 aromatic heterocycles. The van der Waals surface area contributed by atoms with Crippen molar-refractivity contribution in [1.82, 2.24) is 0 Å². The molecule has 0 spiro atoms. The zero-order valence-electron chi connectivity index (χ0n) is 9.89. The van der Waals surface area contributed by atoms with Crippen LogP contribution in [0.5, 0.6) is 0 Å².